The number of aliphatic hydroxyl groups excluding tert-OH is 2. The Morgan fingerprint density at radius 3 is 2.63 bits per heavy atom. The van der Waals surface area contributed by atoms with Crippen LogP contribution >= 0.6 is 12.2 Å². The summed E-state index contributed by atoms with van der Waals surface area (Å²) in [5, 5.41) is 19.3. The highest BCUT2D eigenvalue weighted by atomic mass is 32.1. The van der Waals surface area contributed by atoms with Gasteiger partial charge in [0, 0.05) is 18.8 Å². The lowest BCUT2D eigenvalue weighted by atomic mass is 10.1. The largest absolute Gasteiger partial charge is 0.389 e. The third-order valence-electron chi connectivity index (χ3n) is 3.85. The Morgan fingerprint density at radius 1 is 1.32 bits per heavy atom. The predicted octanol–water partition coefficient (Wildman–Crippen LogP) is -0.254. The molecule has 1 aliphatic heterocycles. The number of aliphatic hydroxyl groups is 2. The van der Waals surface area contributed by atoms with E-state index in [1.54, 1.807) is 0 Å². The van der Waals surface area contributed by atoms with E-state index in [9.17, 15) is 10.2 Å². The number of pyridine rings is 1. The summed E-state index contributed by atoms with van der Waals surface area (Å²) in [5.74, 6) is 0.698. The Bertz CT molecular complexity index is 525. The van der Waals surface area contributed by atoms with Crippen LogP contribution in [0.4, 0.5) is 5.82 Å². The van der Waals surface area contributed by atoms with Gasteiger partial charge in [-0.3, -0.25) is 0 Å². The Morgan fingerprint density at radius 2 is 2.00 bits per heavy atom. The van der Waals surface area contributed by atoms with Crippen LogP contribution < -0.4 is 10.6 Å². The lowest BCUT2D eigenvalue weighted by Gasteiger charge is -2.21. The summed E-state index contributed by atoms with van der Waals surface area (Å²) < 4.78 is 0. The molecule has 1 saturated heterocycles. The number of rotatable bonds is 2. The van der Waals surface area contributed by atoms with Crippen LogP contribution in [0.1, 0.15) is 23.2 Å². The van der Waals surface area contributed by atoms with Crippen molar-refractivity contribution in [3.05, 3.63) is 22.9 Å². The van der Waals surface area contributed by atoms with Gasteiger partial charge in [0.1, 0.15) is 10.8 Å². The highest BCUT2D eigenvalue weighted by Gasteiger charge is 2.32. The van der Waals surface area contributed by atoms with Gasteiger partial charge in [0.25, 0.3) is 0 Å². The lowest BCUT2D eigenvalue weighted by molar-refractivity contribution is 0.0572. The Labute approximate surface area is 117 Å². The van der Waals surface area contributed by atoms with E-state index in [1.807, 2.05) is 11.0 Å². The van der Waals surface area contributed by atoms with Crippen LogP contribution in [-0.2, 0) is 12.8 Å². The smallest absolute Gasteiger partial charge is 0.139 e. The van der Waals surface area contributed by atoms with Crippen molar-refractivity contribution in [2.75, 3.05) is 18.0 Å². The number of thiocarbonyl (C=S) groups is 1. The highest BCUT2D eigenvalue weighted by Crippen LogP contribution is 2.29. The molecule has 1 aromatic heterocycles. The number of nitrogens with two attached hydrogens (primary N) is 1. The molecule has 4 N–H and O–H groups in total. The maximum Gasteiger partial charge on any atom is 0.139 e. The van der Waals surface area contributed by atoms with E-state index in [-0.39, 0.29) is 0 Å². The van der Waals surface area contributed by atoms with Crippen molar-refractivity contribution in [3.63, 3.8) is 0 Å². The monoisotopic (exact) mass is 279 g/mol. The molecule has 0 aromatic carbocycles. The van der Waals surface area contributed by atoms with Gasteiger partial charge in [-0.1, -0.05) is 12.2 Å². The molecule has 1 aliphatic carbocycles. The van der Waals surface area contributed by atoms with E-state index in [1.165, 1.54) is 5.56 Å². The second-order valence-corrected chi connectivity index (χ2v) is 5.66. The first kappa shape index (κ1) is 12.8. The van der Waals surface area contributed by atoms with Crippen LogP contribution in [-0.4, -0.2) is 45.5 Å². The van der Waals surface area contributed by atoms with Crippen LogP contribution in [0.3, 0.4) is 0 Å². The minimum Gasteiger partial charge on any atom is -0.389 e. The Kier molecular flexibility index (Phi) is 3.16. The second-order valence-electron chi connectivity index (χ2n) is 5.22. The topological polar surface area (TPSA) is 82.6 Å². The number of nitrogens with zero attached hydrogens (tertiary/aromatic N) is 2. The molecule has 0 amide bonds. The molecule has 0 radical (unpaired) electrons. The zero-order chi connectivity index (χ0) is 13.6. The predicted molar refractivity (Wildman–Crippen MR) is 76.4 cm³/mol. The number of aryl methyl sites for hydroxylation is 2. The van der Waals surface area contributed by atoms with Crippen LogP contribution in [0.25, 0.3) is 0 Å². The molecule has 0 bridgehead atoms. The highest BCUT2D eigenvalue weighted by molar-refractivity contribution is 7.80. The van der Waals surface area contributed by atoms with Gasteiger partial charge in [-0.15, -0.1) is 0 Å². The molecule has 1 aromatic rings. The third-order valence-corrected chi connectivity index (χ3v) is 4.07. The molecule has 0 spiro atoms. The van der Waals surface area contributed by atoms with Crippen molar-refractivity contribution in [3.8, 4) is 0 Å². The number of anilines is 1. The lowest BCUT2D eigenvalue weighted by Crippen LogP contribution is -2.26. The summed E-state index contributed by atoms with van der Waals surface area (Å²) in [6, 6.07) is 2.02. The first-order valence-corrected chi connectivity index (χ1v) is 6.91. The van der Waals surface area contributed by atoms with Crippen LogP contribution in [0.5, 0.6) is 0 Å². The van der Waals surface area contributed by atoms with Crippen molar-refractivity contribution in [1.82, 2.24) is 4.98 Å². The number of aromatic nitrogens is 1. The second kappa shape index (κ2) is 4.70. The fourth-order valence-electron chi connectivity index (χ4n) is 2.83. The van der Waals surface area contributed by atoms with Gasteiger partial charge in [-0.25, -0.2) is 4.98 Å². The Balaban J connectivity index is 2.02. The van der Waals surface area contributed by atoms with Crippen LogP contribution in [0, 0.1) is 0 Å². The minimum absolute atomic E-state index is 0.313. The zero-order valence-corrected chi connectivity index (χ0v) is 11.4. The summed E-state index contributed by atoms with van der Waals surface area (Å²) in [6.07, 6.45) is 1.61. The molecule has 19 heavy (non-hydrogen) atoms. The van der Waals surface area contributed by atoms with Crippen molar-refractivity contribution in [1.29, 1.82) is 0 Å². The van der Waals surface area contributed by atoms with Crippen molar-refractivity contribution in [2.45, 2.75) is 31.5 Å². The summed E-state index contributed by atoms with van der Waals surface area (Å²) in [5.41, 5.74) is 8.84. The van der Waals surface area contributed by atoms with Gasteiger partial charge in [0.15, 0.2) is 0 Å². The van der Waals surface area contributed by atoms with Gasteiger partial charge in [-0.2, -0.15) is 0 Å². The average Bonchev–Trinajstić information content (AvgIpc) is 2.94. The van der Waals surface area contributed by atoms with Gasteiger partial charge in [0.2, 0.25) is 0 Å². The summed E-state index contributed by atoms with van der Waals surface area (Å²) in [7, 11) is 0. The molecule has 5 nitrogen and oxygen atoms in total. The number of hydrogen-bond donors (Lipinski definition) is 3. The first-order valence-electron chi connectivity index (χ1n) is 6.50. The van der Waals surface area contributed by atoms with E-state index in [2.05, 4.69) is 4.98 Å². The molecule has 2 aliphatic rings. The van der Waals surface area contributed by atoms with E-state index in [0.29, 0.717) is 23.9 Å². The maximum absolute atomic E-state index is 9.67. The van der Waals surface area contributed by atoms with Crippen LogP contribution in [0.2, 0.25) is 0 Å². The molecule has 2 heterocycles. The normalized spacial score (nSPS) is 25.7. The molecule has 3 rings (SSSR count). The molecule has 6 heteroatoms. The van der Waals surface area contributed by atoms with Gasteiger partial charge in [-0.05, 0) is 30.9 Å². The molecule has 2 unspecified atom stereocenters. The standard InChI is InChI=1S/C13H17N3O2S/c14-12(19)8-4-7-2-1-3-9(7)15-13(8)16-5-10(17)11(18)6-16/h4,10-11,17-18H,1-3,5-6H2,(H2,14,19). The van der Waals surface area contributed by atoms with E-state index < -0.39 is 12.2 Å². The van der Waals surface area contributed by atoms with E-state index in [0.717, 1.165) is 30.5 Å². The molecule has 2 atom stereocenters. The molecule has 0 saturated carbocycles. The number of fused-ring (bicyclic) bond motifs is 1. The van der Waals surface area contributed by atoms with Crippen molar-refractivity contribution < 1.29 is 10.2 Å². The van der Waals surface area contributed by atoms with Crippen molar-refractivity contribution in [2.24, 2.45) is 5.73 Å². The van der Waals surface area contributed by atoms with E-state index in [4.69, 9.17) is 18.0 Å². The SMILES string of the molecule is NC(=S)c1cc2c(nc1N1CC(O)C(O)C1)CCC2. The molecular formula is C13H17N3O2S. The average molecular weight is 279 g/mol. The summed E-state index contributed by atoms with van der Waals surface area (Å²) in [4.78, 5) is 6.84. The number of β-amino-alcohol motifs (C(OH)–C–C–N with tert-alkyl or cyclic N) is 2. The summed E-state index contributed by atoms with van der Waals surface area (Å²) in [6.45, 7) is 0.727. The van der Waals surface area contributed by atoms with Gasteiger partial charge in [0.05, 0.1) is 17.8 Å². The van der Waals surface area contributed by atoms with Gasteiger partial charge >= 0.3 is 0 Å². The third kappa shape index (κ3) is 2.20. The van der Waals surface area contributed by atoms with Crippen LogP contribution in [0.15, 0.2) is 6.07 Å². The van der Waals surface area contributed by atoms with Crippen molar-refractivity contribution >= 4 is 23.0 Å². The number of hydrogen-bond acceptors (Lipinski definition) is 5. The minimum atomic E-state index is -0.741. The fraction of sp³-hybridized carbons (Fsp3) is 0.538. The molecule has 1 fully saturated rings. The zero-order valence-electron chi connectivity index (χ0n) is 10.5. The van der Waals surface area contributed by atoms with E-state index >= 15 is 0 Å². The first-order chi connectivity index (χ1) is 9.06. The quantitative estimate of drug-likeness (QED) is 0.647. The summed E-state index contributed by atoms with van der Waals surface area (Å²) >= 11 is 5.10. The Hall–Kier alpha value is -1.24. The molecule has 102 valence electrons. The fourth-order valence-corrected chi connectivity index (χ4v) is 2.98. The van der Waals surface area contributed by atoms with Gasteiger partial charge < -0.3 is 20.8 Å². The molecular weight excluding hydrogens is 262 g/mol. The maximum atomic E-state index is 9.67.